The lowest BCUT2D eigenvalue weighted by molar-refractivity contribution is -0.142. The van der Waals surface area contributed by atoms with Crippen molar-refractivity contribution in [3.05, 3.63) is 34.4 Å². The number of amides is 1. The number of hydrogen-bond donors (Lipinski definition) is 2. The molecule has 20 heavy (non-hydrogen) atoms. The molecule has 0 aliphatic carbocycles. The highest BCUT2D eigenvalue weighted by Gasteiger charge is 2.35. The van der Waals surface area contributed by atoms with Crippen molar-refractivity contribution >= 4 is 23.5 Å². The first-order chi connectivity index (χ1) is 9.40. The molecule has 2 rings (SSSR count). The van der Waals surface area contributed by atoms with Crippen LogP contribution >= 0.6 is 11.6 Å². The molecule has 1 aromatic rings. The van der Waals surface area contributed by atoms with Gasteiger partial charge in [-0.3, -0.25) is 9.59 Å². The minimum atomic E-state index is -1.21. The Hall–Kier alpha value is -1.73. The topological polar surface area (TPSA) is 75.6 Å². The van der Waals surface area contributed by atoms with E-state index in [0.717, 1.165) is 0 Å². The molecule has 0 spiro atoms. The van der Waals surface area contributed by atoms with Crippen molar-refractivity contribution in [3.63, 3.8) is 0 Å². The summed E-state index contributed by atoms with van der Waals surface area (Å²) in [5, 5.41) is 11.1. The van der Waals surface area contributed by atoms with E-state index >= 15 is 0 Å². The van der Waals surface area contributed by atoms with E-state index in [4.69, 9.17) is 21.4 Å². The number of carboxylic acid groups (broad SMARTS) is 1. The van der Waals surface area contributed by atoms with Gasteiger partial charge in [0, 0.05) is 0 Å². The zero-order chi connectivity index (χ0) is 14.9. The van der Waals surface area contributed by atoms with Crippen molar-refractivity contribution in [2.45, 2.75) is 6.04 Å². The number of carboxylic acids is 1. The van der Waals surface area contributed by atoms with Gasteiger partial charge in [-0.05, 0) is 12.1 Å². The highest BCUT2D eigenvalue weighted by molar-refractivity contribution is 6.33. The van der Waals surface area contributed by atoms with Crippen LogP contribution in [-0.2, 0) is 9.53 Å². The quantitative estimate of drug-likeness (QED) is 0.829. The highest BCUT2D eigenvalue weighted by Crippen LogP contribution is 2.21. The Morgan fingerprint density at radius 1 is 1.30 bits per heavy atom. The fraction of sp³-hybridized carbons (Fsp3) is 0.333. The summed E-state index contributed by atoms with van der Waals surface area (Å²) in [7, 11) is 0. The number of halogens is 3. The van der Waals surface area contributed by atoms with Crippen molar-refractivity contribution in [3.8, 4) is 0 Å². The summed E-state index contributed by atoms with van der Waals surface area (Å²) in [6, 6.07) is 0.605. The molecule has 1 aliphatic rings. The standard InChI is InChI=1S/C12H10ClF2NO4/c13-7-2-9(15)8(14)1-5(7)11(17)16-10-4-20-3-6(10)12(18)19/h1-2,6,10H,3-4H2,(H,16,17)(H,18,19). The molecule has 0 radical (unpaired) electrons. The van der Waals surface area contributed by atoms with Gasteiger partial charge in [0.05, 0.1) is 29.8 Å². The Labute approximate surface area is 117 Å². The van der Waals surface area contributed by atoms with E-state index in [9.17, 15) is 18.4 Å². The second-order valence-electron chi connectivity index (χ2n) is 4.31. The monoisotopic (exact) mass is 305 g/mol. The minimum absolute atomic E-state index is 0.0220. The third kappa shape index (κ3) is 2.88. The van der Waals surface area contributed by atoms with Crippen molar-refractivity contribution in [1.29, 1.82) is 0 Å². The molecule has 108 valence electrons. The van der Waals surface area contributed by atoms with E-state index in [-0.39, 0.29) is 23.8 Å². The number of benzene rings is 1. The molecule has 2 N–H and O–H groups in total. The zero-order valence-corrected chi connectivity index (χ0v) is 10.8. The predicted molar refractivity (Wildman–Crippen MR) is 64.6 cm³/mol. The molecule has 2 atom stereocenters. The van der Waals surface area contributed by atoms with Crippen LogP contribution in [0.1, 0.15) is 10.4 Å². The molecule has 1 aromatic carbocycles. The van der Waals surface area contributed by atoms with E-state index < -0.39 is 35.5 Å². The summed E-state index contributed by atoms with van der Waals surface area (Å²) >= 11 is 5.67. The predicted octanol–water partition coefficient (Wildman–Crippen LogP) is 1.45. The van der Waals surface area contributed by atoms with E-state index in [1.54, 1.807) is 0 Å². The van der Waals surface area contributed by atoms with Crippen LogP contribution in [0.25, 0.3) is 0 Å². The Bertz CT molecular complexity index is 567. The Morgan fingerprint density at radius 2 is 1.95 bits per heavy atom. The van der Waals surface area contributed by atoms with Gasteiger partial charge >= 0.3 is 5.97 Å². The summed E-state index contributed by atoms with van der Waals surface area (Å²) in [6.07, 6.45) is 0. The third-order valence-corrected chi connectivity index (χ3v) is 3.28. The fourth-order valence-electron chi connectivity index (χ4n) is 1.88. The number of carbonyl (C=O) groups is 2. The first kappa shape index (κ1) is 14.7. The molecule has 2 unspecified atom stereocenters. The van der Waals surface area contributed by atoms with E-state index in [0.29, 0.717) is 12.1 Å². The molecular weight excluding hydrogens is 296 g/mol. The van der Waals surface area contributed by atoms with Crippen LogP contribution in [0.5, 0.6) is 0 Å². The van der Waals surface area contributed by atoms with E-state index in [2.05, 4.69) is 5.32 Å². The molecule has 8 heteroatoms. The number of nitrogens with one attached hydrogen (secondary N) is 1. The number of aliphatic carboxylic acids is 1. The van der Waals surface area contributed by atoms with Crippen LogP contribution in [-0.4, -0.2) is 36.2 Å². The molecule has 0 bridgehead atoms. The maximum Gasteiger partial charge on any atom is 0.311 e. The van der Waals surface area contributed by atoms with Crippen molar-refractivity contribution in [1.82, 2.24) is 5.32 Å². The van der Waals surface area contributed by atoms with Gasteiger partial charge in [-0.25, -0.2) is 8.78 Å². The molecule has 1 saturated heterocycles. The first-order valence-corrected chi connectivity index (χ1v) is 6.04. The van der Waals surface area contributed by atoms with Gasteiger partial charge in [0.25, 0.3) is 5.91 Å². The fourth-order valence-corrected chi connectivity index (χ4v) is 2.12. The molecule has 1 heterocycles. The SMILES string of the molecule is O=C(NC1COCC1C(=O)O)c1cc(F)c(F)cc1Cl. The molecular formula is C12H10ClF2NO4. The van der Waals surface area contributed by atoms with Crippen LogP contribution in [0.15, 0.2) is 12.1 Å². The average Bonchev–Trinajstić information content (AvgIpc) is 2.81. The van der Waals surface area contributed by atoms with E-state index in [1.807, 2.05) is 0 Å². The second-order valence-corrected chi connectivity index (χ2v) is 4.72. The van der Waals surface area contributed by atoms with Crippen LogP contribution in [0.2, 0.25) is 5.02 Å². The molecule has 1 fully saturated rings. The van der Waals surface area contributed by atoms with Crippen molar-refractivity contribution in [2.24, 2.45) is 5.92 Å². The Morgan fingerprint density at radius 3 is 2.60 bits per heavy atom. The van der Waals surface area contributed by atoms with Gasteiger partial charge in [-0.1, -0.05) is 11.6 Å². The number of rotatable bonds is 3. The van der Waals surface area contributed by atoms with Crippen molar-refractivity contribution < 1.29 is 28.2 Å². The summed E-state index contributed by atoms with van der Waals surface area (Å²) in [6.45, 7) is 0.00972. The maximum atomic E-state index is 13.1. The summed E-state index contributed by atoms with van der Waals surface area (Å²) in [5.41, 5.74) is -0.262. The Kier molecular flexibility index (Phi) is 4.20. The Balaban J connectivity index is 2.16. The lowest BCUT2D eigenvalue weighted by Gasteiger charge is -2.16. The first-order valence-electron chi connectivity index (χ1n) is 5.66. The average molecular weight is 306 g/mol. The number of carbonyl (C=O) groups excluding carboxylic acids is 1. The lowest BCUT2D eigenvalue weighted by atomic mass is 10.0. The number of hydrogen-bond acceptors (Lipinski definition) is 3. The van der Waals surface area contributed by atoms with Gasteiger partial charge in [0.2, 0.25) is 0 Å². The van der Waals surface area contributed by atoms with Crippen molar-refractivity contribution in [2.75, 3.05) is 13.2 Å². The van der Waals surface area contributed by atoms with Gasteiger partial charge in [0.1, 0.15) is 5.92 Å². The zero-order valence-electron chi connectivity index (χ0n) is 10.0. The van der Waals surface area contributed by atoms with Crippen LogP contribution in [0, 0.1) is 17.6 Å². The van der Waals surface area contributed by atoms with E-state index in [1.165, 1.54) is 0 Å². The summed E-state index contributed by atoms with van der Waals surface area (Å²) in [5.74, 6) is -5.15. The second kappa shape index (κ2) is 5.72. The summed E-state index contributed by atoms with van der Waals surface area (Å²) < 4.78 is 31.0. The van der Waals surface area contributed by atoms with Gasteiger partial charge in [-0.15, -0.1) is 0 Å². The highest BCUT2D eigenvalue weighted by atomic mass is 35.5. The molecule has 1 aliphatic heterocycles. The molecule has 5 nitrogen and oxygen atoms in total. The molecule has 0 saturated carbocycles. The van der Waals surface area contributed by atoms with Gasteiger partial charge in [0.15, 0.2) is 11.6 Å². The molecule has 1 amide bonds. The smallest absolute Gasteiger partial charge is 0.311 e. The van der Waals surface area contributed by atoms with Gasteiger partial charge in [-0.2, -0.15) is 0 Å². The van der Waals surface area contributed by atoms with Crippen LogP contribution in [0.4, 0.5) is 8.78 Å². The van der Waals surface area contributed by atoms with Crippen LogP contribution in [0.3, 0.4) is 0 Å². The normalized spacial score (nSPS) is 21.8. The lowest BCUT2D eigenvalue weighted by Crippen LogP contribution is -2.42. The van der Waals surface area contributed by atoms with Crippen LogP contribution < -0.4 is 5.32 Å². The van der Waals surface area contributed by atoms with Gasteiger partial charge < -0.3 is 15.2 Å². The number of ether oxygens (including phenoxy) is 1. The third-order valence-electron chi connectivity index (χ3n) is 2.97. The maximum absolute atomic E-state index is 13.1. The molecule has 0 aromatic heterocycles. The summed E-state index contributed by atoms with van der Waals surface area (Å²) in [4.78, 5) is 22.8. The minimum Gasteiger partial charge on any atom is -0.481 e. The largest absolute Gasteiger partial charge is 0.481 e.